The maximum atomic E-state index is 12.9. The Morgan fingerprint density at radius 2 is 1.52 bits per heavy atom. The molecule has 0 saturated carbocycles. The summed E-state index contributed by atoms with van der Waals surface area (Å²) in [6, 6.07) is 9.42. The molecule has 0 fully saturated rings. The molecular formula is C28H36N8O8. The number of hydrogen-bond donors (Lipinski definition) is 10. The van der Waals surface area contributed by atoms with Crippen molar-refractivity contribution in [2.45, 2.75) is 43.8 Å². The van der Waals surface area contributed by atoms with Gasteiger partial charge in [0.25, 0.3) is 0 Å². The standard InChI is InChI=1S/C28H36N8O8/c29-19(7-4-10-33-28(31)32)25(41)34-14-22(37)35-20(13-23(38)39)26(42)36-21(27(43)44)12-17-9-8-16(11-18(17)24(30)40)15-5-2-1-3-6-15/h1-3,5-6,8-9,11,19-21H,4,7,10,12-14,29H2,(H2,30,40)(H,34,41)(H,35,37)(H,36,42)(H,38,39)(H,43,44)(H4,31,32,33)/t19-,20-,21-/m0/s1. The molecule has 0 aliphatic rings. The third-order valence-electron chi connectivity index (χ3n) is 6.32. The Kier molecular flexibility index (Phi) is 13.3. The molecule has 0 aliphatic carbocycles. The number of nitrogens with two attached hydrogens (primary N) is 3. The second-order valence-corrected chi connectivity index (χ2v) is 9.73. The van der Waals surface area contributed by atoms with Gasteiger partial charge < -0.3 is 48.7 Å². The monoisotopic (exact) mass is 612 g/mol. The number of carboxylic acids is 2. The van der Waals surface area contributed by atoms with Crippen molar-refractivity contribution < 1.29 is 39.0 Å². The van der Waals surface area contributed by atoms with Crippen molar-refractivity contribution in [1.82, 2.24) is 21.3 Å². The molecule has 0 saturated heterocycles. The van der Waals surface area contributed by atoms with Crippen LogP contribution in [0.15, 0.2) is 48.5 Å². The number of hydrogen-bond acceptors (Lipinski definition) is 8. The Balaban J connectivity index is 2.07. The van der Waals surface area contributed by atoms with Crippen LogP contribution >= 0.6 is 0 Å². The summed E-state index contributed by atoms with van der Waals surface area (Å²) in [4.78, 5) is 73.1. The molecule has 16 nitrogen and oxygen atoms in total. The van der Waals surface area contributed by atoms with Crippen LogP contribution in [0.1, 0.15) is 35.2 Å². The average molecular weight is 613 g/mol. The predicted molar refractivity (Wildman–Crippen MR) is 158 cm³/mol. The van der Waals surface area contributed by atoms with Crippen molar-refractivity contribution in [1.29, 1.82) is 5.41 Å². The summed E-state index contributed by atoms with van der Waals surface area (Å²) in [6.45, 7) is -0.331. The molecule has 0 unspecified atom stereocenters. The zero-order chi connectivity index (χ0) is 32.8. The lowest BCUT2D eigenvalue weighted by Crippen LogP contribution is -2.54. The number of carbonyl (C=O) groups excluding carboxylic acids is 4. The van der Waals surface area contributed by atoms with Crippen LogP contribution in [-0.4, -0.2) is 83.0 Å². The van der Waals surface area contributed by atoms with Gasteiger partial charge in [-0.25, -0.2) is 4.79 Å². The van der Waals surface area contributed by atoms with Gasteiger partial charge in [-0.05, 0) is 35.6 Å². The highest BCUT2D eigenvalue weighted by Gasteiger charge is 2.29. The van der Waals surface area contributed by atoms with Crippen LogP contribution < -0.4 is 38.5 Å². The molecule has 2 aromatic rings. The van der Waals surface area contributed by atoms with E-state index < -0.39 is 66.7 Å². The topological polar surface area (TPSA) is 293 Å². The fraction of sp³-hybridized carbons (Fsp3) is 0.321. The van der Waals surface area contributed by atoms with Gasteiger partial charge in [-0.15, -0.1) is 0 Å². The highest BCUT2D eigenvalue weighted by Crippen LogP contribution is 2.23. The molecule has 3 atom stereocenters. The summed E-state index contributed by atoms with van der Waals surface area (Å²) in [6.07, 6.45) is -0.651. The van der Waals surface area contributed by atoms with Crippen LogP contribution in [0.25, 0.3) is 11.1 Å². The average Bonchev–Trinajstić information content (AvgIpc) is 2.97. The first kappa shape index (κ1) is 34.7. The van der Waals surface area contributed by atoms with Crippen molar-refractivity contribution >= 4 is 41.5 Å². The van der Waals surface area contributed by atoms with E-state index in [0.29, 0.717) is 18.5 Å². The lowest BCUT2D eigenvalue weighted by molar-refractivity contribution is -0.143. The highest BCUT2D eigenvalue weighted by atomic mass is 16.4. The lowest BCUT2D eigenvalue weighted by Gasteiger charge is -2.21. The zero-order valence-electron chi connectivity index (χ0n) is 23.7. The van der Waals surface area contributed by atoms with E-state index in [9.17, 15) is 39.0 Å². The van der Waals surface area contributed by atoms with Crippen molar-refractivity contribution in [3.63, 3.8) is 0 Å². The maximum Gasteiger partial charge on any atom is 0.326 e. The van der Waals surface area contributed by atoms with Gasteiger partial charge in [-0.3, -0.25) is 29.4 Å². The molecule has 0 heterocycles. The van der Waals surface area contributed by atoms with E-state index in [0.717, 1.165) is 5.56 Å². The van der Waals surface area contributed by atoms with Gasteiger partial charge in [0.15, 0.2) is 5.96 Å². The van der Waals surface area contributed by atoms with Gasteiger partial charge >= 0.3 is 11.9 Å². The zero-order valence-corrected chi connectivity index (χ0v) is 23.7. The van der Waals surface area contributed by atoms with E-state index >= 15 is 0 Å². The van der Waals surface area contributed by atoms with Crippen LogP contribution in [0, 0.1) is 5.41 Å². The molecule has 44 heavy (non-hydrogen) atoms. The minimum atomic E-state index is -1.69. The van der Waals surface area contributed by atoms with Crippen LogP contribution in [0.5, 0.6) is 0 Å². The first-order chi connectivity index (χ1) is 20.8. The number of nitrogens with one attached hydrogen (secondary N) is 5. The summed E-state index contributed by atoms with van der Waals surface area (Å²) in [5.74, 6) is -6.73. The Labute approximate surface area is 252 Å². The van der Waals surface area contributed by atoms with Crippen LogP contribution in [-0.2, 0) is 30.4 Å². The smallest absolute Gasteiger partial charge is 0.326 e. The van der Waals surface area contributed by atoms with Gasteiger partial charge in [-0.1, -0.05) is 42.5 Å². The quantitative estimate of drug-likeness (QED) is 0.0541. The van der Waals surface area contributed by atoms with E-state index in [1.54, 1.807) is 18.2 Å². The first-order valence-electron chi connectivity index (χ1n) is 13.4. The van der Waals surface area contributed by atoms with Crippen molar-refractivity contribution in [2.75, 3.05) is 13.1 Å². The van der Waals surface area contributed by atoms with Gasteiger partial charge in [0.05, 0.1) is 19.0 Å². The third kappa shape index (κ3) is 11.4. The molecule has 2 aromatic carbocycles. The number of rotatable bonds is 17. The summed E-state index contributed by atoms with van der Waals surface area (Å²) in [5, 5.41) is 35.3. The van der Waals surface area contributed by atoms with Crippen molar-refractivity contribution in [3.8, 4) is 11.1 Å². The second kappa shape index (κ2) is 16.8. The second-order valence-electron chi connectivity index (χ2n) is 9.73. The maximum absolute atomic E-state index is 12.9. The molecule has 13 N–H and O–H groups in total. The van der Waals surface area contributed by atoms with E-state index in [2.05, 4.69) is 21.3 Å². The van der Waals surface area contributed by atoms with E-state index in [-0.39, 0.29) is 29.9 Å². The lowest BCUT2D eigenvalue weighted by atomic mass is 9.94. The number of amides is 4. The first-order valence-corrected chi connectivity index (χ1v) is 13.4. The summed E-state index contributed by atoms with van der Waals surface area (Å²) < 4.78 is 0. The van der Waals surface area contributed by atoms with Gasteiger partial charge in [-0.2, -0.15) is 0 Å². The molecule has 0 spiro atoms. The van der Waals surface area contributed by atoms with Gasteiger partial charge in [0.1, 0.15) is 12.1 Å². The Morgan fingerprint density at radius 3 is 2.11 bits per heavy atom. The summed E-state index contributed by atoms with van der Waals surface area (Å²) >= 11 is 0. The highest BCUT2D eigenvalue weighted by molar-refractivity contribution is 5.97. The van der Waals surface area contributed by atoms with Crippen LogP contribution in [0.2, 0.25) is 0 Å². The van der Waals surface area contributed by atoms with E-state index in [4.69, 9.17) is 22.6 Å². The molecule has 0 bridgehead atoms. The van der Waals surface area contributed by atoms with Crippen LogP contribution in [0.3, 0.4) is 0 Å². The van der Waals surface area contributed by atoms with Crippen LogP contribution in [0.4, 0.5) is 0 Å². The minimum absolute atomic E-state index is 0.0336. The minimum Gasteiger partial charge on any atom is -0.481 e. The third-order valence-corrected chi connectivity index (χ3v) is 6.32. The largest absolute Gasteiger partial charge is 0.481 e. The molecule has 0 aliphatic heterocycles. The van der Waals surface area contributed by atoms with E-state index in [1.165, 1.54) is 12.1 Å². The normalized spacial score (nSPS) is 12.6. The number of benzene rings is 2. The van der Waals surface area contributed by atoms with E-state index in [1.807, 2.05) is 18.2 Å². The number of guanidine groups is 1. The molecule has 4 amide bonds. The van der Waals surface area contributed by atoms with Gasteiger partial charge in [0.2, 0.25) is 23.6 Å². The molecule has 0 radical (unpaired) electrons. The van der Waals surface area contributed by atoms with Gasteiger partial charge in [0, 0.05) is 18.5 Å². The number of primary amides is 1. The molecule has 0 aromatic heterocycles. The summed E-state index contributed by atoms with van der Waals surface area (Å²) in [5.41, 5.74) is 18.2. The fourth-order valence-corrected chi connectivity index (χ4v) is 4.09. The SMILES string of the molecule is N=C(N)NCCC[C@H](N)C(=O)NCC(=O)N[C@@H](CC(=O)O)C(=O)N[C@@H](Cc1ccc(-c2ccccc2)cc1C(N)=O)C(=O)O. The van der Waals surface area contributed by atoms with Crippen molar-refractivity contribution in [2.24, 2.45) is 17.2 Å². The Hall–Kier alpha value is -5.51. The number of carboxylic acid groups (broad SMARTS) is 2. The Morgan fingerprint density at radius 1 is 0.841 bits per heavy atom. The fourth-order valence-electron chi connectivity index (χ4n) is 4.09. The predicted octanol–water partition coefficient (Wildman–Crippen LogP) is -1.77. The molecular weight excluding hydrogens is 576 g/mol. The summed E-state index contributed by atoms with van der Waals surface area (Å²) in [7, 11) is 0. The number of carbonyl (C=O) groups is 6. The molecule has 236 valence electrons. The molecule has 2 rings (SSSR count). The van der Waals surface area contributed by atoms with Crippen molar-refractivity contribution in [3.05, 3.63) is 59.7 Å². The Bertz CT molecular complexity index is 1380. The number of aliphatic carboxylic acids is 2. The molecule has 16 heteroatoms.